The third kappa shape index (κ3) is 6.84. The molecule has 0 radical (unpaired) electrons. The Morgan fingerprint density at radius 1 is 1.06 bits per heavy atom. The molecule has 1 aromatic rings. The third-order valence-electron chi connectivity index (χ3n) is 1.53. The fraction of sp³-hybridized carbons (Fsp3) is 0.500. The van der Waals surface area contributed by atoms with Crippen molar-refractivity contribution < 1.29 is 18.3 Å². The maximum absolute atomic E-state index is 12.1. The van der Waals surface area contributed by atoms with Gasteiger partial charge in [0.1, 0.15) is 0 Å². The van der Waals surface area contributed by atoms with Crippen molar-refractivity contribution in [3.63, 3.8) is 0 Å². The first kappa shape index (κ1) is 18.1. The minimum Gasteiger partial charge on any atom is -0.399 e. The standard InChI is InChI=1S/C8H8F3NO.2C2H6/c9-8(10,11)6-1-5(4-13)2-7(12)3-6;2*1-2/h1-3,13H,4,12H2;2*1-2H3. The average molecular weight is 251 g/mol. The van der Waals surface area contributed by atoms with E-state index in [1.165, 1.54) is 6.07 Å². The topological polar surface area (TPSA) is 46.2 Å². The van der Waals surface area contributed by atoms with Crippen LogP contribution in [-0.4, -0.2) is 5.11 Å². The van der Waals surface area contributed by atoms with E-state index in [-0.39, 0.29) is 11.3 Å². The van der Waals surface area contributed by atoms with Crippen LogP contribution >= 0.6 is 0 Å². The first-order valence-electron chi connectivity index (χ1n) is 5.51. The van der Waals surface area contributed by atoms with E-state index < -0.39 is 18.3 Å². The number of nitrogens with two attached hydrogens (primary N) is 1. The van der Waals surface area contributed by atoms with Crippen LogP contribution in [0.15, 0.2) is 18.2 Å². The van der Waals surface area contributed by atoms with Crippen LogP contribution in [0, 0.1) is 0 Å². The first-order chi connectivity index (χ1) is 7.93. The lowest BCUT2D eigenvalue weighted by molar-refractivity contribution is -0.137. The Morgan fingerprint density at radius 2 is 1.53 bits per heavy atom. The molecule has 2 nitrogen and oxygen atoms in total. The quantitative estimate of drug-likeness (QED) is 0.745. The van der Waals surface area contributed by atoms with E-state index in [0.717, 1.165) is 12.1 Å². The normalized spacial score (nSPS) is 9.65. The molecular weight excluding hydrogens is 231 g/mol. The lowest BCUT2D eigenvalue weighted by atomic mass is 10.1. The van der Waals surface area contributed by atoms with Crippen molar-refractivity contribution in [2.45, 2.75) is 40.5 Å². The van der Waals surface area contributed by atoms with E-state index in [1.807, 2.05) is 27.7 Å². The second-order valence-corrected chi connectivity index (χ2v) is 2.62. The number of hydrogen-bond donors (Lipinski definition) is 2. The molecule has 0 heterocycles. The molecule has 0 unspecified atom stereocenters. The van der Waals surface area contributed by atoms with Gasteiger partial charge in [-0.3, -0.25) is 0 Å². The highest BCUT2D eigenvalue weighted by atomic mass is 19.4. The van der Waals surface area contributed by atoms with Crippen LogP contribution in [0.25, 0.3) is 0 Å². The molecule has 0 saturated heterocycles. The van der Waals surface area contributed by atoms with Crippen molar-refractivity contribution >= 4 is 5.69 Å². The van der Waals surface area contributed by atoms with Crippen LogP contribution in [0.2, 0.25) is 0 Å². The van der Waals surface area contributed by atoms with Gasteiger partial charge in [-0.25, -0.2) is 0 Å². The fourth-order valence-corrected chi connectivity index (χ4v) is 0.973. The van der Waals surface area contributed by atoms with Crippen molar-refractivity contribution in [2.75, 3.05) is 5.73 Å². The lowest BCUT2D eigenvalue weighted by Crippen LogP contribution is -2.06. The highest BCUT2D eigenvalue weighted by molar-refractivity contribution is 5.45. The molecule has 1 rings (SSSR count). The first-order valence-corrected chi connectivity index (χ1v) is 5.51. The van der Waals surface area contributed by atoms with Crippen molar-refractivity contribution in [1.29, 1.82) is 0 Å². The number of benzene rings is 1. The summed E-state index contributed by atoms with van der Waals surface area (Å²) in [5.41, 5.74) is 4.54. The number of anilines is 1. The molecule has 0 fully saturated rings. The van der Waals surface area contributed by atoms with Gasteiger partial charge in [-0.05, 0) is 23.8 Å². The monoisotopic (exact) mass is 251 g/mol. The fourth-order valence-electron chi connectivity index (χ4n) is 0.973. The minimum absolute atomic E-state index is 0.00104. The molecule has 1 aromatic carbocycles. The maximum Gasteiger partial charge on any atom is 0.416 e. The minimum atomic E-state index is -4.42. The highest BCUT2D eigenvalue weighted by Gasteiger charge is 2.30. The van der Waals surface area contributed by atoms with Gasteiger partial charge in [-0.15, -0.1) is 0 Å². The number of hydrogen-bond acceptors (Lipinski definition) is 2. The molecule has 0 amide bonds. The number of nitrogen functional groups attached to an aromatic ring is 1. The average Bonchev–Trinajstić information content (AvgIpc) is 2.32. The molecule has 0 aliphatic carbocycles. The van der Waals surface area contributed by atoms with Crippen LogP contribution in [0.3, 0.4) is 0 Å². The SMILES string of the molecule is CC.CC.Nc1cc(CO)cc(C(F)(F)F)c1. The summed E-state index contributed by atoms with van der Waals surface area (Å²) in [6, 6.07) is 3.00. The Labute approximate surface area is 100 Å². The molecule has 0 aliphatic rings. The van der Waals surface area contributed by atoms with E-state index in [0.29, 0.717) is 0 Å². The molecule has 0 atom stereocenters. The molecule has 17 heavy (non-hydrogen) atoms. The van der Waals surface area contributed by atoms with Crippen LogP contribution in [-0.2, 0) is 12.8 Å². The molecule has 0 bridgehead atoms. The van der Waals surface area contributed by atoms with Gasteiger partial charge in [0.05, 0.1) is 12.2 Å². The smallest absolute Gasteiger partial charge is 0.399 e. The summed E-state index contributed by atoms with van der Waals surface area (Å²) >= 11 is 0. The second-order valence-electron chi connectivity index (χ2n) is 2.62. The van der Waals surface area contributed by atoms with Gasteiger partial charge < -0.3 is 10.8 Å². The van der Waals surface area contributed by atoms with Gasteiger partial charge in [0.25, 0.3) is 0 Å². The van der Waals surface area contributed by atoms with Gasteiger partial charge in [-0.1, -0.05) is 27.7 Å². The van der Waals surface area contributed by atoms with Gasteiger partial charge in [-0.2, -0.15) is 13.2 Å². The predicted molar refractivity (Wildman–Crippen MR) is 64.5 cm³/mol. The third-order valence-corrected chi connectivity index (χ3v) is 1.53. The van der Waals surface area contributed by atoms with Crippen LogP contribution in [0.5, 0.6) is 0 Å². The predicted octanol–water partition coefficient (Wildman–Crippen LogP) is 3.83. The molecule has 0 aromatic heterocycles. The summed E-state index contributed by atoms with van der Waals surface area (Å²) < 4.78 is 36.4. The summed E-state index contributed by atoms with van der Waals surface area (Å²) in [6.07, 6.45) is -4.42. The Bertz CT molecular complexity index is 311. The summed E-state index contributed by atoms with van der Waals surface area (Å²) in [4.78, 5) is 0. The highest BCUT2D eigenvalue weighted by Crippen LogP contribution is 2.31. The number of rotatable bonds is 1. The largest absolute Gasteiger partial charge is 0.416 e. The molecule has 0 saturated carbocycles. The summed E-state index contributed by atoms with van der Waals surface area (Å²) in [6.45, 7) is 7.55. The van der Waals surface area contributed by atoms with E-state index in [1.54, 1.807) is 0 Å². The Hall–Kier alpha value is -1.23. The van der Waals surface area contributed by atoms with Gasteiger partial charge in [0.15, 0.2) is 0 Å². The van der Waals surface area contributed by atoms with Gasteiger partial charge in [0.2, 0.25) is 0 Å². The van der Waals surface area contributed by atoms with Crippen LogP contribution in [0.1, 0.15) is 38.8 Å². The van der Waals surface area contributed by atoms with E-state index in [9.17, 15) is 13.2 Å². The van der Waals surface area contributed by atoms with Gasteiger partial charge >= 0.3 is 6.18 Å². The van der Waals surface area contributed by atoms with Crippen LogP contribution in [0.4, 0.5) is 18.9 Å². The zero-order valence-corrected chi connectivity index (χ0v) is 10.6. The number of aliphatic hydroxyl groups is 1. The number of aliphatic hydroxyl groups excluding tert-OH is 1. The zero-order valence-electron chi connectivity index (χ0n) is 10.6. The second kappa shape index (κ2) is 8.87. The molecule has 100 valence electrons. The van der Waals surface area contributed by atoms with Crippen molar-refractivity contribution in [2.24, 2.45) is 0 Å². The lowest BCUT2D eigenvalue weighted by Gasteiger charge is -2.08. The van der Waals surface area contributed by atoms with Crippen molar-refractivity contribution in [3.8, 4) is 0 Å². The van der Waals surface area contributed by atoms with Crippen LogP contribution < -0.4 is 5.73 Å². The summed E-state index contributed by atoms with van der Waals surface area (Å²) in [5.74, 6) is 0. The van der Waals surface area contributed by atoms with E-state index in [4.69, 9.17) is 10.8 Å². The summed E-state index contributed by atoms with van der Waals surface area (Å²) in [7, 11) is 0. The molecule has 5 heteroatoms. The molecule has 0 aliphatic heterocycles. The Kier molecular flexibility index (Phi) is 9.47. The zero-order chi connectivity index (χ0) is 14.1. The Morgan fingerprint density at radius 3 is 1.88 bits per heavy atom. The van der Waals surface area contributed by atoms with Crippen molar-refractivity contribution in [1.82, 2.24) is 0 Å². The van der Waals surface area contributed by atoms with Crippen molar-refractivity contribution in [3.05, 3.63) is 29.3 Å². The van der Waals surface area contributed by atoms with Gasteiger partial charge in [0, 0.05) is 5.69 Å². The number of alkyl halides is 3. The maximum atomic E-state index is 12.1. The molecule has 0 spiro atoms. The molecular formula is C12H20F3NO. The van der Waals surface area contributed by atoms with E-state index >= 15 is 0 Å². The Balaban J connectivity index is 0. The van der Waals surface area contributed by atoms with E-state index in [2.05, 4.69) is 0 Å². The summed E-state index contributed by atoms with van der Waals surface area (Å²) in [5, 5.41) is 8.63. The number of halogens is 3. The molecule has 3 N–H and O–H groups in total.